The number of rotatable bonds is 4. The van der Waals surface area contributed by atoms with Gasteiger partial charge in [0.1, 0.15) is 5.78 Å². The van der Waals surface area contributed by atoms with E-state index < -0.39 is 6.10 Å². The predicted octanol–water partition coefficient (Wildman–Crippen LogP) is -0.325. The number of hydrogen-bond acceptors (Lipinski definition) is 3. The van der Waals surface area contributed by atoms with Crippen molar-refractivity contribution in [2.75, 3.05) is 6.54 Å². The first-order valence-electron chi connectivity index (χ1n) is 3.10. The zero-order chi connectivity index (χ0) is 7.28. The molecule has 1 unspecified atom stereocenters. The van der Waals surface area contributed by atoms with Crippen molar-refractivity contribution in [1.82, 2.24) is 0 Å². The number of aliphatic hydroxyl groups is 1. The molecule has 0 radical (unpaired) electrons. The molecule has 0 aromatic carbocycles. The van der Waals surface area contributed by atoms with Gasteiger partial charge in [0.2, 0.25) is 0 Å². The highest BCUT2D eigenvalue weighted by atomic mass is 16.3. The molecular weight excluding hydrogens is 118 g/mol. The average Bonchev–Trinajstić information content (AvgIpc) is 1.87. The van der Waals surface area contributed by atoms with Crippen molar-refractivity contribution in [2.45, 2.75) is 25.9 Å². The van der Waals surface area contributed by atoms with E-state index in [1.165, 1.54) is 0 Å². The number of hydrogen-bond donors (Lipinski definition) is 2. The Morgan fingerprint density at radius 2 is 2.33 bits per heavy atom. The molecule has 0 fully saturated rings. The Labute approximate surface area is 54.9 Å². The number of Topliss-reactive ketones (excluding diaryl/α,β-unsaturated/α-hetero) is 1. The zero-order valence-corrected chi connectivity index (χ0v) is 5.63. The van der Waals surface area contributed by atoms with Crippen LogP contribution in [-0.4, -0.2) is 23.5 Å². The maximum Gasteiger partial charge on any atom is 0.135 e. The molecule has 9 heavy (non-hydrogen) atoms. The molecule has 0 bridgehead atoms. The summed E-state index contributed by atoms with van der Waals surface area (Å²) in [6.45, 7) is 1.94. The predicted molar refractivity (Wildman–Crippen MR) is 35.0 cm³/mol. The summed E-state index contributed by atoms with van der Waals surface area (Å²) in [6, 6.07) is 0. The van der Waals surface area contributed by atoms with Gasteiger partial charge >= 0.3 is 0 Å². The van der Waals surface area contributed by atoms with Crippen molar-refractivity contribution in [3.63, 3.8) is 0 Å². The molecule has 0 rings (SSSR count). The molecule has 0 saturated carbocycles. The molecule has 0 aliphatic carbocycles. The molecule has 0 spiro atoms. The van der Waals surface area contributed by atoms with E-state index >= 15 is 0 Å². The Morgan fingerprint density at radius 1 is 1.78 bits per heavy atom. The van der Waals surface area contributed by atoms with Crippen LogP contribution in [-0.2, 0) is 4.79 Å². The van der Waals surface area contributed by atoms with Gasteiger partial charge < -0.3 is 10.8 Å². The fourth-order valence-electron chi connectivity index (χ4n) is 0.490. The molecule has 0 aromatic rings. The Morgan fingerprint density at radius 3 is 2.67 bits per heavy atom. The molecule has 3 nitrogen and oxygen atoms in total. The SMILES string of the molecule is CCC(=O)CC(O)CN. The summed E-state index contributed by atoms with van der Waals surface area (Å²) in [4.78, 5) is 10.6. The summed E-state index contributed by atoms with van der Waals surface area (Å²) in [7, 11) is 0. The van der Waals surface area contributed by atoms with Crippen LogP contribution >= 0.6 is 0 Å². The minimum absolute atomic E-state index is 0.0629. The van der Waals surface area contributed by atoms with Gasteiger partial charge in [-0.3, -0.25) is 4.79 Å². The van der Waals surface area contributed by atoms with Gasteiger partial charge in [-0.15, -0.1) is 0 Å². The maximum absolute atomic E-state index is 10.6. The van der Waals surface area contributed by atoms with Crippen molar-refractivity contribution in [1.29, 1.82) is 0 Å². The van der Waals surface area contributed by atoms with E-state index in [0.29, 0.717) is 6.42 Å². The summed E-state index contributed by atoms with van der Waals surface area (Å²) in [6.07, 6.45) is 0.0433. The Kier molecular flexibility index (Phi) is 4.26. The van der Waals surface area contributed by atoms with Crippen LogP contribution in [0.3, 0.4) is 0 Å². The minimum atomic E-state index is -0.641. The highest BCUT2D eigenvalue weighted by Gasteiger charge is 2.05. The Hall–Kier alpha value is -0.410. The third kappa shape index (κ3) is 4.12. The average molecular weight is 131 g/mol. The van der Waals surface area contributed by atoms with E-state index in [4.69, 9.17) is 10.8 Å². The van der Waals surface area contributed by atoms with Gasteiger partial charge in [-0.2, -0.15) is 0 Å². The topological polar surface area (TPSA) is 63.3 Å². The van der Waals surface area contributed by atoms with E-state index in [2.05, 4.69) is 0 Å². The lowest BCUT2D eigenvalue weighted by atomic mass is 10.1. The van der Waals surface area contributed by atoms with Gasteiger partial charge in [0.25, 0.3) is 0 Å². The van der Waals surface area contributed by atoms with Crippen LogP contribution < -0.4 is 5.73 Å². The first-order valence-corrected chi connectivity index (χ1v) is 3.10. The van der Waals surface area contributed by atoms with Gasteiger partial charge in [-0.25, -0.2) is 0 Å². The van der Waals surface area contributed by atoms with E-state index in [0.717, 1.165) is 0 Å². The number of carbonyl (C=O) groups excluding carboxylic acids is 1. The summed E-state index contributed by atoms with van der Waals surface area (Å²) >= 11 is 0. The molecule has 0 aliphatic heterocycles. The van der Waals surface area contributed by atoms with E-state index in [1.807, 2.05) is 0 Å². The summed E-state index contributed by atoms with van der Waals surface area (Å²) in [5.74, 6) is 0.0629. The minimum Gasteiger partial charge on any atom is -0.391 e. The highest BCUT2D eigenvalue weighted by molar-refractivity contribution is 5.78. The van der Waals surface area contributed by atoms with Gasteiger partial charge in [0, 0.05) is 19.4 Å². The quantitative estimate of drug-likeness (QED) is 0.549. The normalized spacial score (nSPS) is 13.2. The second kappa shape index (κ2) is 4.47. The van der Waals surface area contributed by atoms with Gasteiger partial charge in [0.15, 0.2) is 0 Å². The number of aliphatic hydroxyl groups excluding tert-OH is 1. The molecule has 0 saturated heterocycles. The number of nitrogens with two attached hydrogens (primary N) is 1. The molecule has 0 amide bonds. The van der Waals surface area contributed by atoms with Crippen LogP contribution in [0.4, 0.5) is 0 Å². The number of carbonyl (C=O) groups is 1. The lowest BCUT2D eigenvalue weighted by Gasteiger charge is -2.03. The molecule has 1 atom stereocenters. The van der Waals surface area contributed by atoms with Crippen molar-refractivity contribution in [3.05, 3.63) is 0 Å². The second-order valence-electron chi connectivity index (χ2n) is 1.99. The van der Waals surface area contributed by atoms with Crippen LogP contribution in [0.2, 0.25) is 0 Å². The fourth-order valence-corrected chi connectivity index (χ4v) is 0.490. The van der Waals surface area contributed by atoms with Crippen LogP contribution in [0.1, 0.15) is 19.8 Å². The third-order valence-corrected chi connectivity index (χ3v) is 1.13. The fraction of sp³-hybridized carbons (Fsp3) is 0.833. The standard InChI is InChI=1S/C6H13NO2/c1-2-5(8)3-6(9)4-7/h6,9H,2-4,7H2,1H3. The highest BCUT2D eigenvalue weighted by Crippen LogP contribution is 1.93. The van der Waals surface area contributed by atoms with Gasteiger partial charge in [0.05, 0.1) is 6.10 Å². The van der Waals surface area contributed by atoms with E-state index in [1.54, 1.807) is 6.92 Å². The maximum atomic E-state index is 10.6. The molecule has 54 valence electrons. The summed E-state index contributed by atoms with van der Waals surface area (Å²) in [5, 5.41) is 8.81. The van der Waals surface area contributed by atoms with Crippen LogP contribution in [0, 0.1) is 0 Å². The van der Waals surface area contributed by atoms with Crippen LogP contribution in [0.15, 0.2) is 0 Å². The first-order chi connectivity index (χ1) is 4.20. The molecule has 0 aromatic heterocycles. The van der Waals surface area contributed by atoms with Gasteiger partial charge in [-0.05, 0) is 0 Å². The lowest BCUT2D eigenvalue weighted by molar-refractivity contribution is -0.120. The van der Waals surface area contributed by atoms with Crippen molar-refractivity contribution in [3.8, 4) is 0 Å². The molecular formula is C6H13NO2. The molecule has 0 heterocycles. The Bertz CT molecular complexity index is 93.1. The van der Waals surface area contributed by atoms with E-state index in [-0.39, 0.29) is 18.7 Å². The Balaban J connectivity index is 3.34. The molecule has 3 heteroatoms. The summed E-state index contributed by atoms with van der Waals surface area (Å²) < 4.78 is 0. The summed E-state index contributed by atoms with van der Waals surface area (Å²) in [5.41, 5.74) is 5.07. The van der Waals surface area contributed by atoms with Crippen molar-refractivity contribution >= 4 is 5.78 Å². The van der Waals surface area contributed by atoms with Crippen molar-refractivity contribution in [2.24, 2.45) is 5.73 Å². The second-order valence-corrected chi connectivity index (χ2v) is 1.99. The molecule has 3 N–H and O–H groups in total. The first kappa shape index (κ1) is 8.59. The van der Waals surface area contributed by atoms with E-state index in [9.17, 15) is 4.79 Å². The van der Waals surface area contributed by atoms with Gasteiger partial charge in [-0.1, -0.05) is 6.92 Å². The van der Waals surface area contributed by atoms with Crippen molar-refractivity contribution < 1.29 is 9.90 Å². The largest absolute Gasteiger partial charge is 0.391 e. The lowest BCUT2D eigenvalue weighted by Crippen LogP contribution is -2.22. The molecule has 0 aliphatic rings. The monoisotopic (exact) mass is 131 g/mol. The third-order valence-electron chi connectivity index (χ3n) is 1.13. The zero-order valence-electron chi connectivity index (χ0n) is 5.63. The smallest absolute Gasteiger partial charge is 0.135 e. The number of ketones is 1. The van der Waals surface area contributed by atoms with Crippen LogP contribution in [0.5, 0.6) is 0 Å². The van der Waals surface area contributed by atoms with Crippen LogP contribution in [0.25, 0.3) is 0 Å².